The van der Waals surface area contributed by atoms with Gasteiger partial charge in [-0.3, -0.25) is 4.90 Å². The number of halogens is 1. The molecule has 0 radical (unpaired) electrons. The Morgan fingerprint density at radius 2 is 1.79 bits per heavy atom. The summed E-state index contributed by atoms with van der Waals surface area (Å²) in [6.07, 6.45) is 0. The molecule has 1 rings (SSSR count). The molecule has 5 heteroatoms. The maximum atomic E-state index is 5.82. The zero-order chi connectivity index (χ0) is 14.1. The van der Waals surface area contributed by atoms with Crippen LogP contribution in [0.4, 0.5) is 0 Å². The molecule has 19 heavy (non-hydrogen) atoms. The smallest absolute Gasteiger partial charge is 0.161 e. The van der Waals surface area contributed by atoms with Gasteiger partial charge < -0.3 is 14.2 Å². The summed E-state index contributed by atoms with van der Waals surface area (Å²) in [5, 5.41) is 0. The molecule has 0 aliphatic rings. The third kappa shape index (κ3) is 5.27. The number of alkyl halides is 1. The fourth-order valence-corrected chi connectivity index (χ4v) is 2.09. The van der Waals surface area contributed by atoms with Gasteiger partial charge in [0.15, 0.2) is 11.5 Å². The second-order valence-electron chi connectivity index (χ2n) is 4.15. The zero-order valence-corrected chi connectivity index (χ0v) is 12.6. The first-order valence-electron chi connectivity index (χ1n) is 6.23. The molecule has 0 saturated carbocycles. The first-order chi connectivity index (χ1) is 9.24. The molecule has 108 valence electrons. The molecule has 0 saturated heterocycles. The van der Waals surface area contributed by atoms with Crippen LogP contribution >= 0.6 is 11.6 Å². The normalized spacial score (nSPS) is 10.8. The molecule has 4 nitrogen and oxygen atoms in total. The first-order valence-corrected chi connectivity index (χ1v) is 6.76. The number of ether oxygens (including phenoxy) is 3. The van der Waals surface area contributed by atoms with Crippen molar-refractivity contribution in [3.05, 3.63) is 23.8 Å². The highest BCUT2D eigenvalue weighted by Gasteiger charge is 2.09. The van der Waals surface area contributed by atoms with Gasteiger partial charge in [-0.15, -0.1) is 11.6 Å². The number of hydrogen-bond acceptors (Lipinski definition) is 4. The third-order valence-corrected chi connectivity index (χ3v) is 3.04. The van der Waals surface area contributed by atoms with Gasteiger partial charge in [-0.1, -0.05) is 6.07 Å². The van der Waals surface area contributed by atoms with Crippen molar-refractivity contribution in [2.75, 3.05) is 46.9 Å². The molecule has 0 spiro atoms. The Bertz CT molecular complexity index is 374. The molecule has 0 aliphatic heterocycles. The van der Waals surface area contributed by atoms with Crippen LogP contribution in [0.25, 0.3) is 0 Å². The molecule has 0 aliphatic carbocycles. The summed E-state index contributed by atoms with van der Waals surface area (Å²) in [4.78, 5) is 2.25. The van der Waals surface area contributed by atoms with Crippen LogP contribution in [0.3, 0.4) is 0 Å². The number of rotatable bonds is 9. The lowest BCUT2D eigenvalue weighted by atomic mass is 10.2. The Hall–Kier alpha value is -0.970. The van der Waals surface area contributed by atoms with Crippen LogP contribution in [-0.2, 0) is 11.3 Å². The van der Waals surface area contributed by atoms with E-state index >= 15 is 0 Å². The van der Waals surface area contributed by atoms with E-state index in [1.54, 1.807) is 21.3 Å². The summed E-state index contributed by atoms with van der Waals surface area (Å²) in [6, 6.07) is 5.95. The standard InChI is InChI=1S/C14H22ClNO3/c1-17-9-8-16(7-6-15)11-12-4-5-13(18-2)14(10-12)19-3/h4-5,10H,6-9,11H2,1-3H3. The van der Waals surface area contributed by atoms with E-state index in [0.717, 1.165) is 31.1 Å². The van der Waals surface area contributed by atoms with Crippen LogP contribution in [0.5, 0.6) is 11.5 Å². The van der Waals surface area contributed by atoms with E-state index in [0.29, 0.717) is 12.5 Å². The van der Waals surface area contributed by atoms with E-state index in [4.69, 9.17) is 25.8 Å². The van der Waals surface area contributed by atoms with Crippen molar-refractivity contribution in [2.24, 2.45) is 0 Å². The van der Waals surface area contributed by atoms with E-state index in [-0.39, 0.29) is 0 Å². The lowest BCUT2D eigenvalue weighted by molar-refractivity contribution is 0.148. The average molecular weight is 288 g/mol. The molecule has 1 aromatic carbocycles. The number of methoxy groups -OCH3 is 3. The molecule has 0 fully saturated rings. The lowest BCUT2D eigenvalue weighted by Crippen LogP contribution is -2.28. The second-order valence-corrected chi connectivity index (χ2v) is 4.53. The van der Waals surface area contributed by atoms with Gasteiger partial charge in [0.05, 0.1) is 20.8 Å². The van der Waals surface area contributed by atoms with Crippen LogP contribution in [0.15, 0.2) is 18.2 Å². The molecule has 0 amide bonds. The Labute approximate surface area is 120 Å². The minimum atomic E-state index is 0.608. The van der Waals surface area contributed by atoms with E-state index < -0.39 is 0 Å². The highest BCUT2D eigenvalue weighted by molar-refractivity contribution is 6.18. The van der Waals surface area contributed by atoms with Gasteiger partial charge in [-0.25, -0.2) is 0 Å². The van der Waals surface area contributed by atoms with Crippen molar-refractivity contribution in [3.8, 4) is 11.5 Å². The monoisotopic (exact) mass is 287 g/mol. The van der Waals surface area contributed by atoms with Crippen LogP contribution in [-0.4, -0.2) is 51.8 Å². The molecular formula is C14H22ClNO3. The van der Waals surface area contributed by atoms with Gasteiger partial charge in [0, 0.05) is 32.6 Å². The molecule has 0 heterocycles. The number of benzene rings is 1. The Kier molecular flexibility index (Phi) is 7.63. The Morgan fingerprint density at radius 1 is 1.05 bits per heavy atom. The van der Waals surface area contributed by atoms with Crippen molar-refractivity contribution in [2.45, 2.75) is 6.54 Å². The summed E-state index contributed by atoms with van der Waals surface area (Å²) >= 11 is 5.82. The largest absolute Gasteiger partial charge is 0.493 e. The van der Waals surface area contributed by atoms with Gasteiger partial charge >= 0.3 is 0 Å². The summed E-state index contributed by atoms with van der Waals surface area (Å²) in [6.45, 7) is 3.21. The molecule has 0 N–H and O–H groups in total. The molecule has 1 aromatic rings. The first kappa shape index (κ1) is 16.1. The Morgan fingerprint density at radius 3 is 2.37 bits per heavy atom. The molecule has 0 unspecified atom stereocenters. The minimum absolute atomic E-state index is 0.608. The number of hydrogen-bond donors (Lipinski definition) is 0. The maximum Gasteiger partial charge on any atom is 0.161 e. The van der Waals surface area contributed by atoms with Crippen molar-refractivity contribution in [1.82, 2.24) is 4.90 Å². The fourth-order valence-electron chi connectivity index (χ4n) is 1.85. The second kappa shape index (κ2) is 9.02. The van der Waals surface area contributed by atoms with Crippen LogP contribution in [0, 0.1) is 0 Å². The molecule has 0 aromatic heterocycles. The van der Waals surface area contributed by atoms with Crippen molar-refractivity contribution >= 4 is 11.6 Å². The lowest BCUT2D eigenvalue weighted by Gasteiger charge is -2.21. The van der Waals surface area contributed by atoms with Crippen LogP contribution in [0.2, 0.25) is 0 Å². The Balaban J connectivity index is 2.72. The summed E-state index contributed by atoms with van der Waals surface area (Å²) in [5.74, 6) is 2.10. The highest BCUT2D eigenvalue weighted by atomic mass is 35.5. The van der Waals surface area contributed by atoms with Gasteiger partial charge in [0.1, 0.15) is 0 Å². The van der Waals surface area contributed by atoms with Gasteiger partial charge in [0.25, 0.3) is 0 Å². The van der Waals surface area contributed by atoms with Crippen LogP contribution in [0.1, 0.15) is 5.56 Å². The SMILES string of the molecule is COCCN(CCCl)Cc1ccc(OC)c(OC)c1. The van der Waals surface area contributed by atoms with Crippen molar-refractivity contribution in [3.63, 3.8) is 0 Å². The van der Waals surface area contributed by atoms with Crippen molar-refractivity contribution < 1.29 is 14.2 Å². The predicted octanol–water partition coefficient (Wildman–Crippen LogP) is 2.39. The molecule has 0 atom stereocenters. The predicted molar refractivity (Wildman–Crippen MR) is 77.4 cm³/mol. The highest BCUT2D eigenvalue weighted by Crippen LogP contribution is 2.27. The van der Waals surface area contributed by atoms with Gasteiger partial charge in [0.2, 0.25) is 0 Å². The summed E-state index contributed by atoms with van der Waals surface area (Å²) < 4.78 is 15.6. The molecular weight excluding hydrogens is 266 g/mol. The summed E-state index contributed by atoms with van der Waals surface area (Å²) in [7, 11) is 4.98. The van der Waals surface area contributed by atoms with Gasteiger partial charge in [-0.05, 0) is 17.7 Å². The van der Waals surface area contributed by atoms with E-state index in [1.807, 2.05) is 18.2 Å². The average Bonchev–Trinajstić information content (AvgIpc) is 2.44. The fraction of sp³-hybridized carbons (Fsp3) is 0.571. The van der Waals surface area contributed by atoms with E-state index in [9.17, 15) is 0 Å². The maximum absolute atomic E-state index is 5.82. The molecule has 0 bridgehead atoms. The topological polar surface area (TPSA) is 30.9 Å². The quantitative estimate of drug-likeness (QED) is 0.653. The van der Waals surface area contributed by atoms with Crippen LogP contribution < -0.4 is 9.47 Å². The summed E-state index contributed by atoms with van der Waals surface area (Å²) in [5.41, 5.74) is 1.17. The van der Waals surface area contributed by atoms with Gasteiger partial charge in [-0.2, -0.15) is 0 Å². The minimum Gasteiger partial charge on any atom is -0.493 e. The third-order valence-electron chi connectivity index (χ3n) is 2.87. The number of nitrogens with zero attached hydrogens (tertiary/aromatic N) is 1. The zero-order valence-electron chi connectivity index (χ0n) is 11.8. The van der Waals surface area contributed by atoms with Crippen molar-refractivity contribution in [1.29, 1.82) is 0 Å². The van der Waals surface area contributed by atoms with E-state index in [1.165, 1.54) is 5.56 Å². The van der Waals surface area contributed by atoms with E-state index in [2.05, 4.69) is 4.90 Å².